The van der Waals surface area contributed by atoms with Crippen molar-refractivity contribution < 1.29 is 9.53 Å². The van der Waals surface area contributed by atoms with E-state index in [1.54, 1.807) is 7.11 Å². The summed E-state index contributed by atoms with van der Waals surface area (Å²) in [7, 11) is 1.64. The number of aromatic nitrogens is 3. The summed E-state index contributed by atoms with van der Waals surface area (Å²) in [4.78, 5) is 17.3. The predicted octanol–water partition coefficient (Wildman–Crippen LogP) is 5.02. The Bertz CT molecular complexity index is 1130. The lowest BCUT2D eigenvalue weighted by molar-refractivity contribution is -0.121. The number of benzene rings is 3. The lowest BCUT2D eigenvalue weighted by Crippen LogP contribution is -2.24. The quantitative estimate of drug-likeness (QED) is 0.354. The van der Waals surface area contributed by atoms with Gasteiger partial charge in [0.25, 0.3) is 0 Å². The second kappa shape index (κ2) is 10.6. The fourth-order valence-electron chi connectivity index (χ4n) is 3.24. The summed E-state index contributed by atoms with van der Waals surface area (Å²) >= 11 is 1.48. The molecule has 0 unspecified atom stereocenters. The molecule has 0 spiro atoms. The number of rotatable bonds is 9. The number of nitrogens with zero attached hydrogens (tertiary/aromatic N) is 2. The molecule has 0 radical (unpaired) electrons. The molecule has 0 aliphatic heterocycles. The van der Waals surface area contributed by atoms with Crippen LogP contribution in [0.4, 0.5) is 0 Å². The van der Waals surface area contributed by atoms with Gasteiger partial charge in [-0.15, -0.1) is 5.10 Å². The van der Waals surface area contributed by atoms with E-state index in [9.17, 15) is 4.79 Å². The summed E-state index contributed by atoms with van der Waals surface area (Å²) in [5.41, 5.74) is 3.05. The van der Waals surface area contributed by atoms with Crippen LogP contribution in [0.5, 0.6) is 5.75 Å². The topological polar surface area (TPSA) is 79.9 Å². The van der Waals surface area contributed by atoms with Crippen molar-refractivity contribution in [1.82, 2.24) is 20.5 Å². The molecule has 0 fully saturated rings. The number of amides is 1. The molecule has 0 bridgehead atoms. The van der Waals surface area contributed by atoms with Crippen LogP contribution in [0.25, 0.3) is 11.4 Å². The van der Waals surface area contributed by atoms with Crippen LogP contribution in [-0.2, 0) is 11.3 Å². The van der Waals surface area contributed by atoms with E-state index >= 15 is 0 Å². The second-order valence-corrected chi connectivity index (χ2v) is 8.35. The fraction of sp³-hybridized carbons (Fsp3) is 0.160. The Labute approximate surface area is 191 Å². The third-order valence-electron chi connectivity index (χ3n) is 4.95. The molecule has 4 aromatic rings. The molecular weight excluding hydrogens is 420 g/mol. The van der Waals surface area contributed by atoms with Crippen LogP contribution in [0.15, 0.2) is 90.1 Å². The zero-order chi connectivity index (χ0) is 22.2. The van der Waals surface area contributed by atoms with E-state index in [1.807, 2.05) is 84.9 Å². The highest BCUT2D eigenvalue weighted by Crippen LogP contribution is 2.36. The van der Waals surface area contributed by atoms with E-state index < -0.39 is 0 Å². The highest BCUT2D eigenvalue weighted by atomic mass is 32.2. The highest BCUT2D eigenvalue weighted by Gasteiger charge is 2.20. The van der Waals surface area contributed by atoms with Gasteiger partial charge in [-0.05, 0) is 35.4 Å². The summed E-state index contributed by atoms with van der Waals surface area (Å²) in [6.45, 7) is 0.508. The molecule has 0 aliphatic carbocycles. The van der Waals surface area contributed by atoms with Crippen LogP contribution >= 0.6 is 11.8 Å². The summed E-state index contributed by atoms with van der Waals surface area (Å²) < 4.78 is 5.21. The first kappa shape index (κ1) is 21.6. The number of hydrogen-bond donors (Lipinski definition) is 2. The minimum absolute atomic E-state index is 0.0129. The monoisotopic (exact) mass is 444 g/mol. The minimum Gasteiger partial charge on any atom is -0.497 e. The van der Waals surface area contributed by atoms with Crippen LogP contribution in [0.3, 0.4) is 0 Å². The molecule has 1 atom stereocenters. The Morgan fingerprint density at radius 2 is 1.69 bits per heavy atom. The Kier molecular flexibility index (Phi) is 7.19. The molecular formula is C25H24N4O2S. The minimum atomic E-state index is -0.105. The number of carbonyl (C=O) groups excluding carboxylic acids is 1. The lowest BCUT2D eigenvalue weighted by atomic mass is 10.1. The third-order valence-corrected chi connectivity index (χ3v) is 6.07. The van der Waals surface area contributed by atoms with Gasteiger partial charge in [0.15, 0.2) is 5.82 Å². The van der Waals surface area contributed by atoms with E-state index in [2.05, 4.69) is 20.5 Å². The molecule has 162 valence electrons. The van der Waals surface area contributed by atoms with Gasteiger partial charge >= 0.3 is 0 Å². The van der Waals surface area contributed by atoms with Crippen molar-refractivity contribution in [1.29, 1.82) is 0 Å². The van der Waals surface area contributed by atoms with E-state index in [1.165, 1.54) is 11.8 Å². The summed E-state index contributed by atoms with van der Waals surface area (Å²) in [6.07, 6.45) is 0.327. The number of ether oxygens (including phenoxy) is 1. The van der Waals surface area contributed by atoms with Gasteiger partial charge in [-0.2, -0.15) is 0 Å². The van der Waals surface area contributed by atoms with Gasteiger partial charge < -0.3 is 10.1 Å². The van der Waals surface area contributed by atoms with Crippen molar-refractivity contribution >= 4 is 17.7 Å². The van der Waals surface area contributed by atoms with Gasteiger partial charge in [-0.3, -0.25) is 9.89 Å². The first-order chi connectivity index (χ1) is 15.7. The van der Waals surface area contributed by atoms with Crippen molar-refractivity contribution in [2.24, 2.45) is 0 Å². The normalized spacial score (nSPS) is 11.7. The Balaban J connectivity index is 1.45. The number of carbonyl (C=O) groups is 1. The smallest absolute Gasteiger partial charge is 0.221 e. The largest absolute Gasteiger partial charge is 0.497 e. The average molecular weight is 445 g/mol. The maximum Gasteiger partial charge on any atom is 0.221 e. The molecule has 32 heavy (non-hydrogen) atoms. The van der Waals surface area contributed by atoms with Crippen molar-refractivity contribution in [3.8, 4) is 17.1 Å². The van der Waals surface area contributed by atoms with E-state index in [4.69, 9.17) is 4.74 Å². The summed E-state index contributed by atoms with van der Waals surface area (Å²) in [6, 6.07) is 27.5. The molecule has 1 amide bonds. The zero-order valence-electron chi connectivity index (χ0n) is 17.7. The lowest BCUT2D eigenvalue weighted by Gasteiger charge is -2.15. The molecule has 0 aliphatic rings. The summed E-state index contributed by atoms with van der Waals surface area (Å²) in [5.74, 6) is 1.45. The SMILES string of the molecule is COc1ccc(-c2nc(S[C@H](CC(=O)NCc3ccccc3)c3ccccc3)n[nH]2)cc1. The van der Waals surface area contributed by atoms with Crippen molar-refractivity contribution in [2.45, 2.75) is 23.4 Å². The fourth-order valence-corrected chi connectivity index (χ4v) is 4.26. The van der Waals surface area contributed by atoms with Gasteiger partial charge in [0, 0.05) is 23.8 Å². The summed E-state index contributed by atoms with van der Waals surface area (Å²) in [5, 5.41) is 10.9. The first-order valence-corrected chi connectivity index (χ1v) is 11.2. The molecule has 1 aromatic heterocycles. The number of aromatic amines is 1. The van der Waals surface area contributed by atoms with Gasteiger partial charge in [0.05, 0.1) is 7.11 Å². The molecule has 1 heterocycles. The standard InChI is InChI=1S/C25H24N4O2S/c1-31-21-14-12-20(13-15-21)24-27-25(29-28-24)32-22(19-10-6-3-7-11-19)16-23(30)26-17-18-8-4-2-5-9-18/h2-15,22H,16-17H2,1H3,(H,26,30)(H,27,28,29)/t22-/m1/s1. The number of thioether (sulfide) groups is 1. The van der Waals surface area contributed by atoms with Crippen LogP contribution in [0.1, 0.15) is 22.8 Å². The number of methoxy groups -OCH3 is 1. The molecule has 0 saturated carbocycles. The van der Waals surface area contributed by atoms with Gasteiger partial charge in [-0.1, -0.05) is 72.4 Å². The third kappa shape index (κ3) is 5.76. The van der Waals surface area contributed by atoms with Crippen LogP contribution < -0.4 is 10.1 Å². The predicted molar refractivity (Wildman–Crippen MR) is 126 cm³/mol. The Morgan fingerprint density at radius 3 is 2.38 bits per heavy atom. The maximum atomic E-state index is 12.7. The molecule has 2 N–H and O–H groups in total. The van der Waals surface area contributed by atoms with E-state index in [0.717, 1.165) is 22.4 Å². The Morgan fingerprint density at radius 1 is 1.00 bits per heavy atom. The van der Waals surface area contributed by atoms with Crippen LogP contribution in [-0.4, -0.2) is 28.2 Å². The highest BCUT2D eigenvalue weighted by molar-refractivity contribution is 7.99. The van der Waals surface area contributed by atoms with Crippen molar-refractivity contribution in [3.63, 3.8) is 0 Å². The van der Waals surface area contributed by atoms with Crippen molar-refractivity contribution in [3.05, 3.63) is 96.1 Å². The molecule has 4 rings (SSSR count). The number of H-pyrrole nitrogens is 1. The first-order valence-electron chi connectivity index (χ1n) is 10.3. The average Bonchev–Trinajstić information content (AvgIpc) is 3.32. The maximum absolute atomic E-state index is 12.7. The zero-order valence-corrected chi connectivity index (χ0v) is 18.5. The number of nitrogens with one attached hydrogen (secondary N) is 2. The second-order valence-electron chi connectivity index (χ2n) is 7.18. The van der Waals surface area contributed by atoms with Crippen molar-refractivity contribution in [2.75, 3.05) is 7.11 Å². The molecule has 7 heteroatoms. The van der Waals surface area contributed by atoms with Crippen LogP contribution in [0.2, 0.25) is 0 Å². The molecule has 6 nitrogen and oxygen atoms in total. The van der Waals surface area contributed by atoms with Gasteiger partial charge in [0.1, 0.15) is 5.75 Å². The molecule has 3 aromatic carbocycles. The van der Waals surface area contributed by atoms with Gasteiger partial charge in [0.2, 0.25) is 11.1 Å². The van der Waals surface area contributed by atoms with E-state index in [0.29, 0.717) is 23.9 Å². The van der Waals surface area contributed by atoms with Crippen LogP contribution in [0, 0.1) is 0 Å². The molecule has 0 saturated heterocycles. The van der Waals surface area contributed by atoms with E-state index in [-0.39, 0.29) is 11.2 Å². The Hall–Kier alpha value is -3.58. The van der Waals surface area contributed by atoms with Gasteiger partial charge in [-0.25, -0.2) is 4.98 Å². The number of hydrogen-bond acceptors (Lipinski definition) is 5.